The maximum absolute atomic E-state index is 12.7. The third-order valence-electron chi connectivity index (χ3n) is 4.41. The Kier molecular flexibility index (Phi) is 11.7. The van der Waals surface area contributed by atoms with Gasteiger partial charge in [-0.05, 0) is 36.1 Å². The zero-order valence-electron chi connectivity index (χ0n) is 17.9. The number of nitrogens with two attached hydrogens (primary N) is 1. The Hall–Kier alpha value is -3.32. The number of carboxylic acid groups (broad SMARTS) is 2. The van der Waals surface area contributed by atoms with Crippen LogP contribution >= 0.6 is 11.8 Å². The number of nitrogens with one attached hydrogen (secondary N) is 3. The van der Waals surface area contributed by atoms with E-state index in [1.165, 1.54) is 23.9 Å². The maximum atomic E-state index is 12.7. The second kappa shape index (κ2) is 14.0. The van der Waals surface area contributed by atoms with Gasteiger partial charge in [-0.3, -0.25) is 19.2 Å². The lowest BCUT2D eigenvalue weighted by Gasteiger charge is -2.21. The Morgan fingerprint density at radius 3 is 2.18 bits per heavy atom. The van der Waals surface area contributed by atoms with E-state index in [2.05, 4.69) is 10.6 Å². The number of aromatic hydroxyl groups is 1. The molecule has 0 radical (unpaired) electrons. The third-order valence-corrected chi connectivity index (χ3v) is 5.06. The van der Waals surface area contributed by atoms with Crippen molar-refractivity contribution in [3.05, 3.63) is 29.8 Å². The number of carboxylic acids is 2. The Labute approximate surface area is 194 Å². The Balaban J connectivity index is 2.82. The van der Waals surface area contributed by atoms with E-state index in [0.717, 1.165) is 0 Å². The van der Waals surface area contributed by atoms with Crippen LogP contribution in [-0.2, 0) is 30.4 Å². The lowest BCUT2D eigenvalue weighted by atomic mass is 10.0. The molecule has 0 heterocycles. The molecule has 13 heteroatoms. The molecule has 0 bridgehead atoms. The van der Waals surface area contributed by atoms with Crippen molar-refractivity contribution in [3.8, 4) is 5.75 Å². The fourth-order valence-corrected chi connectivity index (χ4v) is 3.13. The summed E-state index contributed by atoms with van der Waals surface area (Å²) in [4.78, 5) is 58.9. The number of rotatable bonds is 14. The number of amides is 3. The highest BCUT2D eigenvalue weighted by atomic mass is 32.2. The van der Waals surface area contributed by atoms with Crippen LogP contribution in [0.15, 0.2) is 24.3 Å². The van der Waals surface area contributed by atoms with E-state index in [4.69, 9.17) is 15.9 Å². The molecule has 182 valence electrons. The van der Waals surface area contributed by atoms with Gasteiger partial charge in [-0.1, -0.05) is 12.1 Å². The molecule has 0 fully saturated rings. The number of phenols is 1. The smallest absolute Gasteiger partial charge is 0.326 e. The number of hydrogen-bond donors (Lipinski definition) is 7. The molecule has 0 aliphatic heterocycles. The molecule has 33 heavy (non-hydrogen) atoms. The van der Waals surface area contributed by atoms with Crippen molar-refractivity contribution in [2.75, 3.05) is 18.6 Å². The molecule has 1 aromatic rings. The summed E-state index contributed by atoms with van der Waals surface area (Å²) in [6, 6.07) is 2.34. The molecular weight excluding hydrogens is 456 g/mol. The molecule has 1 rings (SSSR count). The van der Waals surface area contributed by atoms with E-state index in [1.807, 2.05) is 11.6 Å². The van der Waals surface area contributed by atoms with E-state index in [9.17, 15) is 29.1 Å². The minimum Gasteiger partial charge on any atom is -0.508 e. The molecule has 0 aliphatic rings. The van der Waals surface area contributed by atoms with Crippen molar-refractivity contribution in [1.29, 1.82) is 0 Å². The zero-order chi connectivity index (χ0) is 25.0. The molecule has 0 aliphatic carbocycles. The van der Waals surface area contributed by atoms with Crippen LogP contribution < -0.4 is 21.7 Å². The molecule has 3 unspecified atom stereocenters. The van der Waals surface area contributed by atoms with Gasteiger partial charge < -0.3 is 37.0 Å². The van der Waals surface area contributed by atoms with Gasteiger partial charge in [0.25, 0.3) is 0 Å². The highest BCUT2D eigenvalue weighted by Crippen LogP contribution is 2.12. The van der Waals surface area contributed by atoms with E-state index in [0.29, 0.717) is 17.7 Å². The molecule has 0 saturated heterocycles. The van der Waals surface area contributed by atoms with Gasteiger partial charge in [-0.2, -0.15) is 11.8 Å². The summed E-state index contributed by atoms with van der Waals surface area (Å²) in [7, 11) is 0. The second-order valence-corrected chi connectivity index (χ2v) is 8.08. The van der Waals surface area contributed by atoms with Crippen LogP contribution in [-0.4, -0.2) is 81.7 Å². The molecule has 3 atom stereocenters. The van der Waals surface area contributed by atoms with Crippen LogP contribution in [0, 0.1) is 0 Å². The molecular formula is C20H28N4O8S. The molecule has 0 saturated carbocycles. The average molecular weight is 485 g/mol. The van der Waals surface area contributed by atoms with E-state index in [-0.39, 0.29) is 12.2 Å². The Morgan fingerprint density at radius 2 is 1.64 bits per heavy atom. The number of carbonyl (C=O) groups excluding carboxylic acids is 3. The minimum atomic E-state index is -1.66. The van der Waals surface area contributed by atoms with Gasteiger partial charge in [0.1, 0.15) is 17.8 Å². The first-order chi connectivity index (χ1) is 15.5. The van der Waals surface area contributed by atoms with Crippen molar-refractivity contribution >= 4 is 41.4 Å². The lowest BCUT2D eigenvalue weighted by Crippen LogP contribution is -2.54. The van der Waals surface area contributed by atoms with Gasteiger partial charge in [-0.15, -0.1) is 0 Å². The van der Waals surface area contributed by atoms with Crippen LogP contribution in [0.3, 0.4) is 0 Å². The van der Waals surface area contributed by atoms with Gasteiger partial charge in [0.05, 0.1) is 19.0 Å². The molecule has 1 aromatic carbocycles. The molecule has 3 amide bonds. The van der Waals surface area contributed by atoms with E-state index < -0.39 is 60.8 Å². The maximum Gasteiger partial charge on any atom is 0.326 e. The zero-order valence-corrected chi connectivity index (χ0v) is 18.8. The van der Waals surface area contributed by atoms with Crippen molar-refractivity contribution in [2.24, 2.45) is 5.73 Å². The number of benzene rings is 1. The predicted molar refractivity (Wildman–Crippen MR) is 120 cm³/mol. The average Bonchev–Trinajstić information content (AvgIpc) is 2.75. The summed E-state index contributed by atoms with van der Waals surface area (Å²) in [6.07, 6.45) is 1.46. The fourth-order valence-electron chi connectivity index (χ4n) is 2.64. The monoisotopic (exact) mass is 484 g/mol. The van der Waals surface area contributed by atoms with Crippen molar-refractivity contribution in [2.45, 2.75) is 37.4 Å². The Morgan fingerprint density at radius 1 is 1.00 bits per heavy atom. The first kappa shape index (κ1) is 27.7. The van der Waals surface area contributed by atoms with Crippen LogP contribution in [0.2, 0.25) is 0 Å². The minimum absolute atomic E-state index is 0.0221. The number of phenolic OH excluding ortho intramolecular Hbond substituents is 1. The summed E-state index contributed by atoms with van der Waals surface area (Å²) in [5.74, 6) is -4.48. The number of aliphatic carboxylic acids is 2. The van der Waals surface area contributed by atoms with Crippen LogP contribution in [0.5, 0.6) is 5.75 Å². The third kappa shape index (κ3) is 10.7. The van der Waals surface area contributed by atoms with Gasteiger partial charge in [-0.25, -0.2) is 4.79 Å². The second-order valence-electron chi connectivity index (χ2n) is 7.09. The SMILES string of the molecule is CSCCC(N)C(=O)NC(Cc1ccc(O)cc1)C(=O)NCC(=O)NC(CC(=O)O)C(=O)O. The van der Waals surface area contributed by atoms with Crippen molar-refractivity contribution in [3.63, 3.8) is 0 Å². The Bertz CT molecular complexity index is 849. The number of carbonyl (C=O) groups is 5. The van der Waals surface area contributed by atoms with Crippen molar-refractivity contribution in [1.82, 2.24) is 16.0 Å². The molecule has 8 N–H and O–H groups in total. The summed E-state index contributed by atoms with van der Waals surface area (Å²) < 4.78 is 0. The molecule has 0 spiro atoms. The first-order valence-electron chi connectivity index (χ1n) is 9.88. The van der Waals surface area contributed by atoms with Gasteiger partial charge >= 0.3 is 11.9 Å². The quantitative estimate of drug-likeness (QED) is 0.165. The topological polar surface area (TPSA) is 208 Å². The van der Waals surface area contributed by atoms with E-state index in [1.54, 1.807) is 12.1 Å². The standard InChI is InChI=1S/C20H28N4O8S/c1-33-7-6-13(21)18(29)24-14(8-11-2-4-12(25)5-3-11)19(30)22-10-16(26)23-15(20(31)32)9-17(27)28/h2-5,13-15,25H,6-10,21H2,1H3,(H,22,30)(H,23,26)(H,24,29)(H,27,28)(H,31,32). The van der Waals surface area contributed by atoms with Gasteiger partial charge in [0.2, 0.25) is 17.7 Å². The lowest BCUT2D eigenvalue weighted by molar-refractivity contribution is -0.147. The largest absolute Gasteiger partial charge is 0.508 e. The summed E-state index contributed by atoms with van der Waals surface area (Å²) in [5, 5.41) is 34.0. The highest BCUT2D eigenvalue weighted by molar-refractivity contribution is 7.98. The van der Waals surface area contributed by atoms with Gasteiger partial charge in [0.15, 0.2) is 0 Å². The number of hydrogen-bond acceptors (Lipinski definition) is 8. The fraction of sp³-hybridized carbons (Fsp3) is 0.450. The normalized spacial score (nSPS) is 13.3. The van der Waals surface area contributed by atoms with Crippen LogP contribution in [0.25, 0.3) is 0 Å². The summed E-state index contributed by atoms with van der Waals surface area (Å²) >= 11 is 1.51. The highest BCUT2D eigenvalue weighted by Gasteiger charge is 2.26. The van der Waals surface area contributed by atoms with Crippen molar-refractivity contribution < 1.29 is 39.3 Å². The van der Waals surface area contributed by atoms with E-state index >= 15 is 0 Å². The predicted octanol–water partition coefficient (Wildman–Crippen LogP) is -1.34. The van der Waals surface area contributed by atoms with Crippen LogP contribution in [0.4, 0.5) is 0 Å². The summed E-state index contributed by atoms with van der Waals surface area (Å²) in [6.45, 7) is -0.636. The first-order valence-corrected chi connectivity index (χ1v) is 11.3. The summed E-state index contributed by atoms with van der Waals surface area (Å²) in [5.41, 5.74) is 6.47. The van der Waals surface area contributed by atoms with Gasteiger partial charge in [0, 0.05) is 6.42 Å². The molecule has 12 nitrogen and oxygen atoms in total. The molecule has 0 aromatic heterocycles. The number of thioether (sulfide) groups is 1. The van der Waals surface area contributed by atoms with Crippen LogP contribution in [0.1, 0.15) is 18.4 Å².